The molecule has 6 heteroatoms. The summed E-state index contributed by atoms with van der Waals surface area (Å²) in [5, 5.41) is 24.2. The van der Waals surface area contributed by atoms with Gasteiger partial charge in [0.25, 0.3) is 0 Å². The highest BCUT2D eigenvalue weighted by atomic mass is 16.3. The van der Waals surface area contributed by atoms with Crippen molar-refractivity contribution in [3.63, 3.8) is 0 Å². The fourth-order valence-electron chi connectivity index (χ4n) is 10.1. The number of nitriles is 1. The molecule has 0 bridgehead atoms. The number of Topliss-reactive ketones (excluding diaryl/α,β-unsaturated/α-hetero) is 1. The Balaban J connectivity index is 1.26. The fourth-order valence-corrected chi connectivity index (χ4v) is 10.1. The summed E-state index contributed by atoms with van der Waals surface area (Å²) in [4.78, 5) is 16.5. The molecular formula is C30H44N4O2. The molecule has 1 N–H and O–H groups in total. The van der Waals surface area contributed by atoms with Gasteiger partial charge in [0.15, 0.2) is 11.5 Å². The van der Waals surface area contributed by atoms with Gasteiger partial charge in [-0.3, -0.25) is 9.48 Å². The van der Waals surface area contributed by atoms with Gasteiger partial charge in [-0.25, -0.2) is 0 Å². The van der Waals surface area contributed by atoms with E-state index in [4.69, 9.17) is 5.26 Å². The average molecular weight is 493 g/mol. The second-order valence-electron chi connectivity index (χ2n) is 13.7. The Hall–Kier alpha value is -1.71. The number of nitrogens with zero attached hydrogens (tertiary/aromatic N) is 4. The van der Waals surface area contributed by atoms with Crippen LogP contribution in [0.25, 0.3) is 0 Å². The van der Waals surface area contributed by atoms with Crippen LogP contribution < -0.4 is 0 Å². The van der Waals surface area contributed by atoms with Crippen molar-refractivity contribution in [3.8, 4) is 6.07 Å². The number of rotatable bonds is 5. The third-order valence-electron chi connectivity index (χ3n) is 11.5. The Morgan fingerprint density at radius 2 is 1.92 bits per heavy atom. The van der Waals surface area contributed by atoms with E-state index in [1.54, 1.807) is 16.9 Å². The maximum atomic E-state index is 13.8. The van der Waals surface area contributed by atoms with Crippen LogP contribution in [0.1, 0.15) is 83.7 Å². The molecule has 0 aromatic carbocycles. The zero-order valence-electron chi connectivity index (χ0n) is 22.2. The molecule has 1 aromatic heterocycles. The second-order valence-corrected chi connectivity index (χ2v) is 13.7. The lowest BCUT2D eigenvalue weighted by Gasteiger charge is -2.57. The zero-order valence-corrected chi connectivity index (χ0v) is 22.2. The first-order valence-electron chi connectivity index (χ1n) is 14.7. The number of carbonyl (C=O) groups is 1. The molecule has 9 atom stereocenters. The van der Waals surface area contributed by atoms with E-state index in [1.165, 1.54) is 51.6 Å². The van der Waals surface area contributed by atoms with Crippen LogP contribution in [0, 0.1) is 58.2 Å². The van der Waals surface area contributed by atoms with Crippen molar-refractivity contribution in [2.45, 2.75) is 90.2 Å². The second kappa shape index (κ2) is 9.24. The first kappa shape index (κ1) is 24.6. The molecule has 4 aliphatic carbocycles. The van der Waals surface area contributed by atoms with Gasteiger partial charge in [0.1, 0.15) is 6.07 Å². The number of hydrogen-bond donors (Lipinski definition) is 1. The van der Waals surface area contributed by atoms with Crippen molar-refractivity contribution >= 4 is 5.78 Å². The highest BCUT2D eigenvalue weighted by Crippen LogP contribution is 2.66. The minimum Gasteiger partial charge on any atom is -0.390 e. The van der Waals surface area contributed by atoms with Crippen LogP contribution in [-0.2, 0) is 11.3 Å². The predicted octanol–water partition coefficient (Wildman–Crippen LogP) is 4.67. The van der Waals surface area contributed by atoms with E-state index < -0.39 is 5.60 Å². The summed E-state index contributed by atoms with van der Waals surface area (Å²) in [5.74, 6) is 4.60. The van der Waals surface area contributed by atoms with Crippen LogP contribution in [0.5, 0.6) is 0 Å². The Morgan fingerprint density at radius 3 is 2.67 bits per heavy atom. The molecule has 36 heavy (non-hydrogen) atoms. The molecule has 0 radical (unpaired) electrons. The molecule has 6 rings (SSSR count). The van der Waals surface area contributed by atoms with Gasteiger partial charge in [-0.1, -0.05) is 6.92 Å². The molecule has 0 amide bonds. The van der Waals surface area contributed by atoms with Gasteiger partial charge < -0.3 is 10.0 Å². The molecule has 2 heterocycles. The lowest BCUT2D eigenvalue weighted by Crippen LogP contribution is -2.52. The summed E-state index contributed by atoms with van der Waals surface area (Å²) in [5.41, 5.74) is -0.0204. The molecule has 4 unspecified atom stereocenters. The Bertz CT molecular complexity index is 1020. The fraction of sp³-hybridized carbons (Fsp3) is 0.833. The molecule has 0 spiro atoms. The number of aliphatic hydroxyl groups is 1. The summed E-state index contributed by atoms with van der Waals surface area (Å²) >= 11 is 0. The maximum Gasteiger partial charge on any atom is 0.162 e. The molecular weight excluding hydrogens is 448 g/mol. The van der Waals surface area contributed by atoms with Gasteiger partial charge in [0.2, 0.25) is 0 Å². The highest BCUT2D eigenvalue weighted by Gasteiger charge is 2.62. The number of carbonyl (C=O) groups excluding carboxylic acids is 1. The van der Waals surface area contributed by atoms with E-state index >= 15 is 0 Å². The van der Waals surface area contributed by atoms with E-state index in [2.05, 4.69) is 23.0 Å². The smallest absolute Gasteiger partial charge is 0.162 e. The van der Waals surface area contributed by atoms with Gasteiger partial charge >= 0.3 is 0 Å². The molecule has 1 aliphatic heterocycles. The van der Waals surface area contributed by atoms with E-state index in [9.17, 15) is 9.90 Å². The van der Waals surface area contributed by atoms with Crippen LogP contribution in [0.2, 0.25) is 0 Å². The van der Waals surface area contributed by atoms with Crippen LogP contribution in [-0.4, -0.2) is 50.8 Å². The summed E-state index contributed by atoms with van der Waals surface area (Å²) in [6.07, 6.45) is 13.5. The van der Waals surface area contributed by atoms with Crippen molar-refractivity contribution in [3.05, 3.63) is 18.0 Å². The number of aromatic nitrogens is 2. The third-order valence-corrected chi connectivity index (χ3v) is 11.5. The monoisotopic (exact) mass is 492 g/mol. The van der Waals surface area contributed by atoms with Gasteiger partial charge in [-0.15, -0.1) is 0 Å². The van der Waals surface area contributed by atoms with Gasteiger partial charge in [0, 0.05) is 18.7 Å². The quantitative estimate of drug-likeness (QED) is 0.646. The third kappa shape index (κ3) is 4.25. The molecule has 1 aromatic rings. The lowest BCUT2D eigenvalue weighted by molar-refractivity contribution is -0.134. The van der Waals surface area contributed by atoms with Crippen molar-refractivity contribution in [1.82, 2.24) is 14.7 Å². The van der Waals surface area contributed by atoms with Crippen LogP contribution in [0.3, 0.4) is 0 Å². The van der Waals surface area contributed by atoms with Gasteiger partial charge in [-0.2, -0.15) is 10.4 Å². The van der Waals surface area contributed by atoms with E-state index in [0.29, 0.717) is 35.8 Å². The highest BCUT2D eigenvalue weighted by molar-refractivity contribution is 5.82. The minimum absolute atomic E-state index is 0.0703. The Kier molecular flexibility index (Phi) is 6.32. The number of fused-ring (bicyclic) bond motifs is 5. The first-order chi connectivity index (χ1) is 17.3. The topological polar surface area (TPSA) is 82.1 Å². The van der Waals surface area contributed by atoms with Crippen molar-refractivity contribution < 1.29 is 9.90 Å². The summed E-state index contributed by atoms with van der Waals surface area (Å²) in [6, 6.07) is 3.79. The average Bonchev–Trinajstić information content (AvgIpc) is 3.58. The standard InChI is InChI=1S/C30H44N4O2/c1-29(36)10-7-23-20(16-29)5-6-25-24(23)8-11-30(2)26(27(35)19-34-14-9-22(17-31)32-34)15-21(28(25)30)18-33-12-3-4-13-33/h9,14,20-21,23-26,28,36H,3-8,10-13,15-16,18-19H2,1-2H3/t20?,21?,23?,24-,25-,26-,28+,29-,30?/m1/s1. The Labute approximate surface area is 216 Å². The minimum atomic E-state index is -0.474. The molecule has 6 nitrogen and oxygen atoms in total. The van der Waals surface area contributed by atoms with E-state index in [0.717, 1.165) is 50.0 Å². The lowest BCUT2D eigenvalue weighted by atomic mass is 9.48. The first-order valence-corrected chi connectivity index (χ1v) is 14.7. The molecule has 1 saturated heterocycles. The Morgan fingerprint density at radius 1 is 1.14 bits per heavy atom. The molecule has 5 aliphatic rings. The van der Waals surface area contributed by atoms with E-state index in [-0.39, 0.29) is 11.3 Å². The maximum absolute atomic E-state index is 13.8. The van der Waals surface area contributed by atoms with Crippen molar-refractivity contribution in [2.24, 2.45) is 46.8 Å². The zero-order chi connectivity index (χ0) is 25.1. The molecule has 4 saturated carbocycles. The number of likely N-dealkylation sites (tertiary alicyclic amines) is 1. The van der Waals surface area contributed by atoms with Gasteiger partial charge in [-0.05, 0) is 131 Å². The summed E-state index contributed by atoms with van der Waals surface area (Å²) in [7, 11) is 0. The summed E-state index contributed by atoms with van der Waals surface area (Å²) < 4.78 is 1.68. The SMILES string of the molecule is CC12CC[C@@H]3C4CC[C@@](C)(O)CC4CC[C@H]3[C@@H]1C(CN1CCCC1)C[C@@H]2C(=O)Cn1ccc(C#N)n1. The van der Waals surface area contributed by atoms with Gasteiger partial charge in [0.05, 0.1) is 12.1 Å². The summed E-state index contributed by atoms with van der Waals surface area (Å²) in [6.45, 7) is 8.40. The molecule has 196 valence electrons. The van der Waals surface area contributed by atoms with Crippen LogP contribution in [0.15, 0.2) is 12.3 Å². The molecule has 5 fully saturated rings. The number of ketones is 1. The number of hydrogen-bond acceptors (Lipinski definition) is 5. The largest absolute Gasteiger partial charge is 0.390 e. The van der Waals surface area contributed by atoms with Crippen LogP contribution in [0.4, 0.5) is 0 Å². The van der Waals surface area contributed by atoms with E-state index in [1.807, 2.05) is 6.92 Å². The van der Waals surface area contributed by atoms with Crippen LogP contribution >= 0.6 is 0 Å². The predicted molar refractivity (Wildman–Crippen MR) is 138 cm³/mol. The van der Waals surface area contributed by atoms with Crippen molar-refractivity contribution in [2.75, 3.05) is 19.6 Å². The normalized spacial score (nSPS) is 44.4. The van der Waals surface area contributed by atoms with Crippen molar-refractivity contribution in [1.29, 1.82) is 5.26 Å².